The summed E-state index contributed by atoms with van der Waals surface area (Å²) in [5.74, 6) is 2.47. The Kier molecular flexibility index (Phi) is 4.41. The molecule has 0 aliphatic carbocycles. The Morgan fingerprint density at radius 1 is 1.30 bits per heavy atom. The number of aromatic nitrogens is 1. The Balaban J connectivity index is 1.61. The predicted octanol–water partition coefficient (Wildman–Crippen LogP) is 1.96. The molecule has 1 aromatic heterocycles. The van der Waals surface area contributed by atoms with Crippen molar-refractivity contribution in [1.82, 2.24) is 14.8 Å². The van der Waals surface area contributed by atoms with E-state index < -0.39 is 0 Å². The van der Waals surface area contributed by atoms with E-state index in [1.807, 2.05) is 38.5 Å². The molecule has 0 atom stereocenters. The van der Waals surface area contributed by atoms with E-state index >= 15 is 0 Å². The van der Waals surface area contributed by atoms with Crippen molar-refractivity contribution in [3.8, 4) is 11.5 Å². The molecule has 0 amide bonds. The summed E-state index contributed by atoms with van der Waals surface area (Å²) < 4.78 is 12.9. The standard InChI is InChI=1S/C17H22N4O2/c1-18-17(19-10-14-5-4-8-20(14)2)21(3)11-13-6-7-15-16(9-13)23-12-22-15/h4-9H,10-12H2,1-3H3,(H,18,19). The van der Waals surface area contributed by atoms with E-state index in [-0.39, 0.29) is 0 Å². The number of hydrogen-bond donors (Lipinski definition) is 1. The Labute approximate surface area is 136 Å². The Hall–Kier alpha value is -2.63. The van der Waals surface area contributed by atoms with Gasteiger partial charge in [-0.15, -0.1) is 0 Å². The third-order valence-corrected chi connectivity index (χ3v) is 3.91. The predicted molar refractivity (Wildman–Crippen MR) is 89.6 cm³/mol. The van der Waals surface area contributed by atoms with Gasteiger partial charge in [0, 0.05) is 39.6 Å². The van der Waals surface area contributed by atoms with Crippen molar-refractivity contribution < 1.29 is 9.47 Å². The number of aryl methyl sites for hydroxylation is 1. The van der Waals surface area contributed by atoms with Crippen LogP contribution in [0.1, 0.15) is 11.3 Å². The summed E-state index contributed by atoms with van der Waals surface area (Å²) in [6.07, 6.45) is 2.04. The van der Waals surface area contributed by atoms with Crippen LogP contribution in [0.25, 0.3) is 0 Å². The van der Waals surface area contributed by atoms with Crippen molar-refractivity contribution in [3.05, 3.63) is 47.8 Å². The highest BCUT2D eigenvalue weighted by atomic mass is 16.7. The van der Waals surface area contributed by atoms with Crippen molar-refractivity contribution in [2.24, 2.45) is 12.0 Å². The molecule has 6 nitrogen and oxygen atoms in total. The van der Waals surface area contributed by atoms with Gasteiger partial charge in [-0.25, -0.2) is 0 Å². The molecule has 0 bridgehead atoms. The van der Waals surface area contributed by atoms with Gasteiger partial charge in [0.2, 0.25) is 6.79 Å². The van der Waals surface area contributed by atoms with Crippen LogP contribution in [0.2, 0.25) is 0 Å². The van der Waals surface area contributed by atoms with E-state index in [0.29, 0.717) is 6.79 Å². The van der Waals surface area contributed by atoms with Gasteiger partial charge in [-0.2, -0.15) is 0 Å². The monoisotopic (exact) mass is 314 g/mol. The maximum absolute atomic E-state index is 5.43. The molecule has 2 heterocycles. The zero-order chi connectivity index (χ0) is 16.2. The molecule has 0 spiro atoms. The molecule has 3 rings (SSSR count). The lowest BCUT2D eigenvalue weighted by Crippen LogP contribution is -2.38. The van der Waals surface area contributed by atoms with Gasteiger partial charge >= 0.3 is 0 Å². The van der Waals surface area contributed by atoms with Gasteiger partial charge < -0.3 is 24.3 Å². The number of nitrogens with one attached hydrogen (secondary N) is 1. The minimum Gasteiger partial charge on any atom is -0.454 e. The Bertz CT molecular complexity index is 708. The SMILES string of the molecule is CN=C(NCc1cccn1C)N(C)Cc1ccc2c(c1)OCO2. The summed E-state index contributed by atoms with van der Waals surface area (Å²) in [6, 6.07) is 10.2. The Morgan fingerprint density at radius 3 is 2.87 bits per heavy atom. The van der Waals surface area contributed by atoms with E-state index in [9.17, 15) is 0 Å². The quantitative estimate of drug-likeness (QED) is 0.692. The van der Waals surface area contributed by atoms with Crippen LogP contribution in [0.5, 0.6) is 11.5 Å². The van der Waals surface area contributed by atoms with Crippen molar-refractivity contribution in [3.63, 3.8) is 0 Å². The van der Waals surface area contributed by atoms with E-state index in [4.69, 9.17) is 9.47 Å². The van der Waals surface area contributed by atoms with Crippen LogP contribution >= 0.6 is 0 Å². The van der Waals surface area contributed by atoms with Crippen molar-refractivity contribution in [2.75, 3.05) is 20.9 Å². The Morgan fingerprint density at radius 2 is 2.13 bits per heavy atom. The summed E-state index contributed by atoms with van der Waals surface area (Å²) in [4.78, 5) is 6.44. The number of benzene rings is 1. The zero-order valence-corrected chi connectivity index (χ0v) is 13.7. The molecule has 6 heteroatoms. The molecule has 0 saturated heterocycles. The van der Waals surface area contributed by atoms with Crippen molar-refractivity contribution >= 4 is 5.96 Å². The average molecular weight is 314 g/mol. The maximum atomic E-state index is 5.43. The molecular formula is C17H22N4O2. The molecule has 1 aliphatic rings. The summed E-state index contributed by atoms with van der Waals surface area (Å²) in [6.45, 7) is 1.78. The second-order valence-electron chi connectivity index (χ2n) is 5.55. The molecule has 2 aromatic rings. The first-order valence-corrected chi connectivity index (χ1v) is 7.58. The van der Waals surface area contributed by atoms with Crippen LogP contribution in [0, 0.1) is 0 Å². The largest absolute Gasteiger partial charge is 0.454 e. The number of guanidine groups is 1. The molecule has 1 N–H and O–H groups in total. The lowest BCUT2D eigenvalue weighted by atomic mass is 10.2. The molecular weight excluding hydrogens is 292 g/mol. The summed E-state index contributed by atoms with van der Waals surface area (Å²) in [7, 11) is 5.85. The highest BCUT2D eigenvalue weighted by molar-refractivity contribution is 5.79. The molecule has 122 valence electrons. The molecule has 0 fully saturated rings. The highest BCUT2D eigenvalue weighted by Gasteiger charge is 2.14. The lowest BCUT2D eigenvalue weighted by molar-refractivity contribution is 0.174. The first-order chi connectivity index (χ1) is 11.2. The third-order valence-electron chi connectivity index (χ3n) is 3.91. The van der Waals surface area contributed by atoms with Crippen LogP contribution in [0.3, 0.4) is 0 Å². The average Bonchev–Trinajstić information content (AvgIpc) is 3.16. The summed E-state index contributed by atoms with van der Waals surface area (Å²) in [5, 5.41) is 3.38. The van der Waals surface area contributed by atoms with Crippen molar-refractivity contribution in [1.29, 1.82) is 0 Å². The van der Waals surface area contributed by atoms with Crippen molar-refractivity contribution in [2.45, 2.75) is 13.1 Å². The molecule has 1 aliphatic heterocycles. The number of rotatable bonds is 4. The fourth-order valence-corrected chi connectivity index (χ4v) is 2.62. The van der Waals surface area contributed by atoms with E-state index in [1.165, 1.54) is 5.69 Å². The zero-order valence-electron chi connectivity index (χ0n) is 13.7. The van der Waals surface area contributed by atoms with Crippen LogP contribution < -0.4 is 14.8 Å². The molecule has 23 heavy (non-hydrogen) atoms. The number of ether oxygens (including phenoxy) is 2. The minimum absolute atomic E-state index is 0.300. The molecule has 0 unspecified atom stereocenters. The van der Waals surface area contributed by atoms with Gasteiger partial charge in [0.15, 0.2) is 17.5 Å². The summed E-state index contributed by atoms with van der Waals surface area (Å²) >= 11 is 0. The fourth-order valence-electron chi connectivity index (χ4n) is 2.62. The number of hydrogen-bond acceptors (Lipinski definition) is 3. The number of fused-ring (bicyclic) bond motifs is 1. The smallest absolute Gasteiger partial charge is 0.231 e. The highest BCUT2D eigenvalue weighted by Crippen LogP contribution is 2.32. The van der Waals surface area contributed by atoms with Crippen LogP contribution in [0.4, 0.5) is 0 Å². The second kappa shape index (κ2) is 6.64. The van der Waals surface area contributed by atoms with Crippen LogP contribution in [-0.2, 0) is 20.1 Å². The van der Waals surface area contributed by atoms with Crippen LogP contribution in [0.15, 0.2) is 41.5 Å². The first kappa shape index (κ1) is 15.3. The normalized spacial score (nSPS) is 13.3. The van der Waals surface area contributed by atoms with Gasteiger partial charge in [0.1, 0.15) is 0 Å². The lowest BCUT2D eigenvalue weighted by Gasteiger charge is -2.22. The van der Waals surface area contributed by atoms with E-state index in [1.54, 1.807) is 7.05 Å². The van der Waals surface area contributed by atoms with E-state index in [2.05, 4.69) is 31.9 Å². The molecule has 1 aromatic carbocycles. The topological polar surface area (TPSA) is 51.0 Å². The maximum Gasteiger partial charge on any atom is 0.231 e. The van der Waals surface area contributed by atoms with Gasteiger partial charge in [0.25, 0.3) is 0 Å². The van der Waals surface area contributed by atoms with Crippen LogP contribution in [-0.4, -0.2) is 36.3 Å². The van der Waals surface area contributed by atoms with Gasteiger partial charge in [-0.05, 0) is 29.8 Å². The van der Waals surface area contributed by atoms with E-state index in [0.717, 1.165) is 36.1 Å². The van der Waals surface area contributed by atoms with Gasteiger partial charge in [0.05, 0.1) is 6.54 Å². The first-order valence-electron chi connectivity index (χ1n) is 7.58. The second-order valence-corrected chi connectivity index (χ2v) is 5.55. The fraction of sp³-hybridized carbons (Fsp3) is 0.353. The number of nitrogens with zero attached hydrogens (tertiary/aromatic N) is 3. The van der Waals surface area contributed by atoms with Gasteiger partial charge in [-0.3, -0.25) is 4.99 Å². The summed E-state index contributed by atoms with van der Waals surface area (Å²) in [5.41, 5.74) is 2.36. The number of aliphatic imine (C=N–C) groups is 1. The third kappa shape index (κ3) is 3.41. The van der Waals surface area contributed by atoms with Gasteiger partial charge in [-0.1, -0.05) is 6.07 Å². The minimum atomic E-state index is 0.300. The molecule has 0 radical (unpaired) electrons. The molecule has 0 saturated carbocycles.